The Morgan fingerprint density at radius 1 is 1.29 bits per heavy atom. The van der Waals surface area contributed by atoms with E-state index in [1.165, 1.54) is 31.4 Å². The number of ether oxygens (including phenoxy) is 1. The Kier molecular flexibility index (Phi) is 5.36. The van der Waals surface area contributed by atoms with Crippen LogP contribution in [-0.4, -0.2) is 17.8 Å². The van der Waals surface area contributed by atoms with Crippen molar-refractivity contribution in [2.45, 2.75) is 13.8 Å². The van der Waals surface area contributed by atoms with Gasteiger partial charge in [-0.25, -0.2) is 0 Å². The number of halogens is 1. The number of carbonyl (C=O) groups is 1. The van der Waals surface area contributed by atoms with Gasteiger partial charge in [-0.15, -0.1) is 0 Å². The van der Waals surface area contributed by atoms with Crippen molar-refractivity contribution in [3.63, 3.8) is 0 Å². The second-order valence-corrected chi connectivity index (χ2v) is 5.64. The van der Waals surface area contributed by atoms with Crippen molar-refractivity contribution in [3.05, 3.63) is 73.8 Å². The fourth-order valence-corrected chi connectivity index (χ4v) is 2.54. The van der Waals surface area contributed by atoms with E-state index in [4.69, 9.17) is 16.3 Å². The molecule has 2 rings (SSSR count). The van der Waals surface area contributed by atoms with Gasteiger partial charge in [-0.1, -0.05) is 29.8 Å². The van der Waals surface area contributed by atoms with Crippen LogP contribution in [-0.2, 0) is 0 Å². The molecule has 0 saturated heterocycles. The summed E-state index contributed by atoms with van der Waals surface area (Å²) in [6.07, 6.45) is 2.89. The molecule has 0 N–H and O–H groups in total. The summed E-state index contributed by atoms with van der Waals surface area (Å²) in [6, 6.07) is 7.76. The van der Waals surface area contributed by atoms with E-state index in [-0.39, 0.29) is 11.5 Å². The topological polar surface area (TPSA) is 69.4 Å². The molecule has 2 aromatic carbocycles. The molecule has 0 aromatic heterocycles. The van der Waals surface area contributed by atoms with Gasteiger partial charge in [-0.05, 0) is 42.7 Å². The summed E-state index contributed by atoms with van der Waals surface area (Å²) in [4.78, 5) is 22.9. The second-order valence-electron chi connectivity index (χ2n) is 5.26. The van der Waals surface area contributed by atoms with Crippen LogP contribution in [0.5, 0.6) is 5.75 Å². The summed E-state index contributed by atoms with van der Waals surface area (Å²) in [6.45, 7) is 3.59. The standard InChI is InChI=1S/C18H16ClNO4/c1-11-9-16(24-3)17(12(2)18(11)19)15(21)8-7-13-5-4-6-14(10-13)20(22)23/h4-10H,1-3H3/b8-7+. The number of allylic oxidation sites excluding steroid dienone is 1. The van der Waals surface area contributed by atoms with E-state index in [0.717, 1.165) is 5.56 Å². The smallest absolute Gasteiger partial charge is 0.270 e. The molecule has 24 heavy (non-hydrogen) atoms. The number of hydrogen-bond donors (Lipinski definition) is 0. The van der Waals surface area contributed by atoms with Gasteiger partial charge in [-0.3, -0.25) is 14.9 Å². The van der Waals surface area contributed by atoms with Gasteiger partial charge in [0.2, 0.25) is 0 Å². The van der Waals surface area contributed by atoms with E-state index in [1.54, 1.807) is 25.1 Å². The fraction of sp³-hybridized carbons (Fsp3) is 0.167. The SMILES string of the molecule is COc1cc(C)c(Cl)c(C)c1C(=O)/C=C/c1cccc([N+](=O)[O-])c1. The lowest BCUT2D eigenvalue weighted by atomic mass is 9.99. The maximum Gasteiger partial charge on any atom is 0.270 e. The fourth-order valence-electron chi connectivity index (χ4n) is 2.39. The molecule has 0 bridgehead atoms. The summed E-state index contributed by atoms with van der Waals surface area (Å²) in [7, 11) is 1.49. The first-order valence-corrected chi connectivity index (χ1v) is 7.53. The Morgan fingerprint density at radius 2 is 2.00 bits per heavy atom. The molecule has 0 radical (unpaired) electrons. The zero-order chi connectivity index (χ0) is 17.9. The lowest BCUT2D eigenvalue weighted by Gasteiger charge is -2.12. The molecule has 5 nitrogen and oxygen atoms in total. The molecule has 0 fully saturated rings. The highest BCUT2D eigenvalue weighted by molar-refractivity contribution is 6.33. The maximum absolute atomic E-state index is 12.5. The highest BCUT2D eigenvalue weighted by Gasteiger charge is 2.17. The minimum atomic E-state index is -0.480. The number of benzene rings is 2. The summed E-state index contributed by atoms with van der Waals surface area (Å²) in [5.74, 6) is 0.167. The third kappa shape index (κ3) is 3.63. The molecule has 0 unspecified atom stereocenters. The van der Waals surface area contributed by atoms with Crippen molar-refractivity contribution in [1.82, 2.24) is 0 Å². The van der Waals surface area contributed by atoms with Crippen LogP contribution >= 0.6 is 11.6 Å². The van der Waals surface area contributed by atoms with Crippen LogP contribution in [0.3, 0.4) is 0 Å². The highest BCUT2D eigenvalue weighted by atomic mass is 35.5. The number of hydrogen-bond acceptors (Lipinski definition) is 4. The number of nitrogens with zero attached hydrogens (tertiary/aromatic N) is 1. The number of ketones is 1. The van der Waals surface area contributed by atoms with Crippen LogP contribution in [0, 0.1) is 24.0 Å². The minimum absolute atomic E-state index is 0.0308. The number of carbonyl (C=O) groups excluding carboxylic acids is 1. The Hall–Kier alpha value is -2.66. The third-order valence-electron chi connectivity index (χ3n) is 3.62. The molecule has 0 aliphatic heterocycles. The van der Waals surface area contributed by atoms with Crippen molar-refractivity contribution in [1.29, 1.82) is 0 Å². The van der Waals surface area contributed by atoms with Crippen LogP contribution in [0.15, 0.2) is 36.4 Å². The summed E-state index contributed by atoms with van der Waals surface area (Å²) >= 11 is 6.22. The lowest BCUT2D eigenvalue weighted by molar-refractivity contribution is -0.384. The van der Waals surface area contributed by atoms with Crippen molar-refractivity contribution >= 4 is 29.1 Å². The van der Waals surface area contributed by atoms with Gasteiger partial charge in [0, 0.05) is 17.2 Å². The first-order chi connectivity index (χ1) is 11.3. The largest absolute Gasteiger partial charge is 0.496 e. The van der Waals surface area contributed by atoms with E-state index in [2.05, 4.69) is 0 Å². The number of nitro groups is 1. The van der Waals surface area contributed by atoms with E-state index in [1.807, 2.05) is 6.92 Å². The number of methoxy groups -OCH3 is 1. The van der Waals surface area contributed by atoms with Gasteiger partial charge in [0.1, 0.15) is 5.75 Å². The molecule has 0 amide bonds. The molecular weight excluding hydrogens is 330 g/mol. The number of non-ortho nitro benzene ring substituents is 1. The average molecular weight is 346 g/mol. The molecule has 124 valence electrons. The molecule has 0 spiro atoms. The minimum Gasteiger partial charge on any atom is -0.496 e. The van der Waals surface area contributed by atoms with Crippen molar-refractivity contribution in [2.75, 3.05) is 7.11 Å². The first kappa shape index (κ1) is 17.7. The van der Waals surface area contributed by atoms with Crippen LogP contribution < -0.4 is 4.74 Å². The third-order valence-corrected chi connectivity index (χ3v) is 4.20. The molecule has 0 aliphatic carbocycles. The molecule has 0 aliphatic rings. The van der Waals surface area contributed by atoms with E-state index >= 15 is 0 Å². The summed E-state index contributed by atoms with van der Waals surface area (Å²) in [5, 5.41) is 11.3. The van der Waals surface area contributed by atoms with Gasteiger partial charge in [0.15, 0.2) is 5.78 Å². The van der Waals surface area contributed by atoms with Crippen LogP contribution in [0.1, 0.15) is 27.0 Å². The molecule has 6 heteroatoms. The molecule has 0 saturated carbocycles. The van der Waals surface area contributed by atoms with Crippen molar-refractivity contribution in [2.24, 2.45) is 0 Å². The number of rotatable bonds is 5. The Balaban J connectivity index is 2.38. The average Bonchev–Trinajstić information content (AvgIpc) is 2.57. The normalized spacial score (nSPS) is 10.8. The monoisotopic (exact) mass is 345 g/mol. The van der Waals surface area contributed by atoms with Gasteiger partial charge in [-0.2, -0.15) is 0 Å². The lowest BCUT2D eigenvalue weighted by Crippen LogP contribution is -2.04. The zero-order valence-corrected chi connectivity index (χ0v) is 14.3. The predicted molar refractivity (Wildman–Crippen MR) is 93.9 cm³/mol. The van der Waals surface area contributed by atoms with Gasteiger partial charge < -0.3 is 4.74 Å². The highest BCUT2D eigenvalue weighted by Crippen LogP contribution is 2.32. The molecular formula is C18H16ClNO4. The van der Waals surface area contributed by atoms with Gasteiger partial charge >= 0.3 is 0 Å². The Bertz CT molecular complexity index is 843. The quantitative estimate of drug-likeness (QED) is 0.339. The number of nitro benzene ring substituents is 1. The van der Waals surface area contributed by atoms with Crippen molar-refractivity contribution < 1.29 is 14.5 Å². The Morgan fingerprint density at radius 3 is 2.62 bits per heavy atom. The zero-order valence-electron chi connectivity index (χ0n) is 13.5. The van der Waals surface area contributed by atoms with Crippen LogP contribution in [0.2, 0.25) is 5.02 Å². The van der Waals surface area contributed by atoms with Gasteiger partial charge in [0.25, 0.3) is 5.69 Å². The second kappa shape index (κ2) is 7.27. The van der Waals surface area contributed by atoms with Crippen LogP contribution in [0.25, 0.3) is 6.08 Å². The maximum atomic E-state index is 12.5. The van der Waals surface area contributed by atoms with Crippen molar-refractivity contribution in [3.8, 4) is 5.75 Å². The number of aryl methyl sites for hydroxylation is 1. The molecule has 2 aromatic rings. The predicted octanol–water partition coefficient (Wildman–Crippen LogP) is 4.77. The van der Waals surface area contributed by atoms with Gasteiger partial charge in [0.05, 0.1) is 17.6 Å². The molecule has 0 heterocycles. The van der Waals surface area contributed by atoms with E-state index in [9.17, 15) is 14.9 Å². The summed E-state index contributed by atoms with van der Waals surface area (Å²) in [5.41, 5.74) is 2.38. The van der Waals surface area contributed by atoms with E-state index < -0.39 is 4.92 Å². The first-order valence-electron chi connectivity index (χ1n) is 7.15. The summed E-state index contributed by atoms with van der Waals surface area (Å²) < 4.78 is 5.28. The van der Waals surface area contributed by atoms with Crippen LogP contribution in [0.4, 0.5) is 5.69 Å². The molecule has 0 atom stereocenters. The van der Waals surface area contributed by atoms with E-state index in [0.29, 0.717) is 27.5 Å². The Labute approximate surface area is 144 Å².